The van der Waals surface area contributed by atoms with Gasteiger partial charge in [0.25, 0.3) is 0 Å². The molecule has 0 unspecified atom stereocenters. The first-order valence-electron chi connectivity index (χ1n) is 9.38. The third-order valence-corrected chi connectivity index (χ3v) is 5.75. The SMILES string of the molecule is O=C(N[C@@H](C(=O)O)C1c2ccccc2-c2ccccc21)C1CCCCC1. The summed E-state index contributed by atoms with van der Waals surface area (Å²) in [5, 5.41) is 12.8. The predicted octanol–water partition coefficient (Wildman–Crippen LogP) is 3.95. The molecule has 26 heavy (non-hydrogen) atoms. The first-order chi connectivity index (χ1) is 12.7. The molecule has 0 aliphatic heterocycles. The van der Waals surface area contributed by atoms with Crippen LogP contribution in [0.15, 0.2) is 48.5 Å². The van der Waals surface area contributed by atoms with Crippen molar-refractivity contribution in [1.82, 2.24) is 5.32 Å². The van der Waals surface area contributed by atoms with E-state index in [1.54, 1.807) is 0 Å². The summed E-state index contributed by atoms with van der Waals surface area (Å²) in [7, 11) is 0. The van der Waals surface area contributed by atoms with E-state index in [0.717, 1.165) is 54.4 Å². The van der Waals surface area contributed by atoms with Gasteiger partial charge in [-0.05, 0) is 35.1 Å². The normalized spacial score (nSPS) is 18.0. The maximum atomic E-state index is 12.7. The molecule has 1 saturated carbocycles. The minimum atomic E-state index is -0.981. The van der Waals surface area contributed by atoms with E-state index in [1.165, 1.54) is 0 Å². The highest BCUT2D eigenvalue weighted by molar-refractivity contribution is 5.89. The first-order valence-corrected chi connectivity index (χ1v) is 9.38. The van der Waals surface area contributed by atoms with Crippen LogP contribution in [0.25, 0.3) is 11.1 Å². The number of fused-ring (bicyclic) bond motifs is 3. The van der Waals surface area contributed by atoms with Gasteiger partial charge in [-0.25, -0.2) is 4.79 Å². The van der Waals surface area contributed by atoms with E-state index < -0.39 is 12.0 Å². The molecule has 4 rings (SSSR count). The Morgan fingerprint density at radius 1 is 0.885 bits per heavy atom. The van der Waals surface area contributed by atoms with Gasteiger partial charge in [-0.2, -0.15) is 0 Å². The second kappa shape index (κ2) is 6.94. The molecule has 0 spiro atoms. The monoisotopic (exact) mass is 349 g/mol. The zero-order valence-electron chi connectivity index (χ0n) is 14.7. The van der Waals surface area contributed by atoms with E-state index >= 15 is 0 Å². The molecule has 4 nitrogen and oxygen atoms in total. The Bertz CT molecular complexity index is 793. The number of rotatable bonds is 4. The Kier molecular flexibility index (Phi) is 4.49. The number of carbonyl (C=O) groups is 2. The highest BCUT2D eigenvalue weighted by Crippen LogP contribution is 2.46. The van der Waals surface area contributed by atoms with Gasteiger partial charge in [0.2, 0.25) is 5.91 Å². The van der Waals surface area contributed by atoms with Gasteiger partial charge in [0.15, 0.2) is 0 Å². The van der Waals surface area contributed by atoms with E-state index in [2.05, 4.69) is 5.32 Å². The average Bonchev–Trinajstić information content (AvgIpc) is 3.01. The fraction of sp³-hybridized carbons (Fsp3) is 0.364. The van der Waals surface area contributed by atoms with Crippen molar-refractivity contribution < 1.29 is 14.7 Å². The van der Waals surface area contributed by atoms with Gasteiger partial charge in [0.05, 0.1) is 0 Å². The molecule has 1 atom stereocenters. The summed E-state index contributed by atoms with van der Waals surface area (Å²) in [6.45, 7) is 0. The molecule has 0 bridgehead atoms. The summed E-state index contributed by atoms with van der Waals surface area (Å²) in [6.07, 6.45) is 4.97. The lowest BCUT2D eigenvalue weighted by atomic mass is 9.86. The van der Waals surface area contributed by atoms with Gasteiger partial charge in [-0.15, -0.1) is 0 Å². The number of aliphatic carboxylic acids is 1. The minimum Gasteiger partial charge on any atom is -0.480 e. The lowest BCUT2D eigenvalue weighted by Crippen LogP contribution is -2.47. The van der Waals surface area contributed by atoms with Crippen LogP contribution in [0.5, 0.6) is 0 Å². The zero-order chi connectivity index (χ0) is 18.1. The van der Waals surface area contributed by atoms with Crippen LogP contribution in [-0.4, -0.2) is 23.0 Å². The lowest BCUT2D eigenvalue weighted by molar-refractivity contribution is -0.143. The molecule has 2 N–H and O–H groups in total. The van der Waals surface area contributed by atoms with Crippen molar-refractivity contribution in [2.24, 2.45) is 5.92 Å². The quantitative estimate of drug-likeness (QED) is 0.878. The summed E-state index contributed by atoms with van der Waals surface area (Å²) in [5.74, 6) is -1.51. The largest absolute Gasteiger partial charge is 0.480 e. The molecular weight excluding hydrogens is 326 g/mol. The van der Waals surface area contributed by atoms with Gasteiger partial charge in [-0.1, -0.05) is 67.8 Å². The highest BCUT2D eigenvalue weighted by atomic mass is 16.4. The van der Waals surface area contributed by atoms with Crippen LogP contribution >= 0.6 is 0 Å². The Hall–Kier alpha value is -2.62. The Morgan fingerprint density at radius 3 is 1.96 bits per heavy atom. The standard InChI is InChI=1S/C22H23NO3/c24-21(14-8-2-1-3-9-14)23-20(22(25)26)19-17-12-6-4-10-15(17)16-11-5-7-13-18(16)19/h4-7,10-14,19-20H,1-3,8-9H2,(H,23,24)(H,25,26)/t20-/m1/s1. The van der Waals surface area contributed by atoms with Crippen molar-refractivity contribution >= 4 is 11.9 Å². The highest BCUT2D eigenvalue weighted by Gasteiger charge is 2.39. The van der Waals surface area contributed by atoms with E-state index in [4.69, 9.17) is 0 Å². The topological polar surface area (TPSA) is 66.4 Å². The Balaban J connectivity index is 1.68. The van der Waals surface area contributed by atoms with Gasteiger partial charge in [0.1, 0.15) is 6.04 Å². The summed E-state index contributed by atoms with van der Waals surface area (Å²) >= 11 is 0. The molecule has 2 aliphatic carbocycles. The third kappa shape index (κ3) is 2.90. The fourth-order valence-electron chi connectivity index (χ4n) is 4.48. The number of nitrogens with one attached hydrogen (secondary N) is 1. The van der Waals surface area contributed by atoms with Crippen LogP contribution in [0.1, 0.15) is 49.1 Å². The second-order valence-corrected chi connectivity index (χ2v) is 7.31. The number of hydrogen-bond donors (Lipinski definition) is 2. The molecule has 1 fully saturated rings. The molecule has 0 radical (unpaired) electrons. The van der Waals surface area contributed by atoms with Crippen molar-refractivity contribution in [2.45, 2.75) is 44.1 Å². The molecule has 2 aromatic carbocycles. The molecule has 1 amide bonds. The summed E-state index contributed by atoms with van der Waals surface area (Å²) < 4.78 is 0. The Morgan fingerprint density at radius 2 is 1.42 bits per heavy atom. The van der Waals surface area contributed by atoms with Crippen molar-refractivity contribution in [3.05, 3.63) is 59.7 Å². The summed E-state index contributed by atoms with van der Waals surface area (Å²) in [6, 6.07) is 14.8. The van der Waals surface area contributed by atoms with E-state index in [9.17, 15) is 14.7 Å². The van der Waals surface area contributed by atoms with E-state index in [-0.39, 0.29) is 17.7 Å². The minimum absolute atomic E-state index is 0.0579. The van der Waals surface area contributed by atoms with E-state index in [1.807, 2.05) is 48.5 Å². The molecular formula is C22H23NO3. The van der Waals surface area contributed by atoms with Crippen LogP contribution in [0.3, 0.4) is 0 Å². The maximum Gasteiger partial charge on any atom is 0.327 e. The Labute approximate surface area is 153 Å². The van der Waals surface area contributed by atoms with Crippen molar-refractivity contribution in [1.29, 1.82) is 0 Å². The third-order valence-electron chi connectivity index (χ3n) is 5.75. The summed E-state index contributed by atoms with van der Waals surface area (Å²) in [4.78, 5) is 24.8. The number of carboxylic acid groups (broad SMARTS) is 1. The maximum absolute atomic E-state index is 12.7. The number of carbonyl (C=O) groups excluding carboxylic acids is 1. The zero-order valence-corrected chi connectivity index (χ0v) is 14.7. The fourth-order valence-corrected chi connectivity index (χ4v) is 4.48. The van der Waals surface area contributed by atoms with Gasteiger partial charge in [0, 0.05) is 11.8 Å². The number of carboxylic acids is 1. The smallest absolute Gasteiger partial charge is 0.327 e. The van der Waals surface area contributed by atoms with Crippen LogP contribution < -0.4 is 5.32 Å². The molecule has 2 aromatic rings. The molecule has 0 heterocycles. The molecule has 4 heteroatoms. The van der Waals surface area contributed by atoms with Crippen molar-refractivity contribution in [3.8, 4) is 11.1 Å². The van der Waals surface area contributed by atoms with Crippen LogP contribution in [0.2, 0.25) is 0 Å². The molecule has 0 aromatic heterocycles. The number of amides is 1. The lowest BCUT2D eigenvalue weighted by Gasteiger charge is -2.27. The van der Waals surface area contributed by atoms with Crippen molar-refractivity contribution in [2.75, 3.05) is 0 Å². The van der Waals surface area contributed by atoms with Gasteiger partial charge < -0.3 is 10.4 Å². The second-order valence-electron chi connectivity index (χ2n) is 7.31. The average molecular weight is 349 g/mol. The molecule has 134 valence electrons. The number of benzene rings is 2. The number of hydrogen-bond acceptors (Lipinski definition) is 2. The molecule has 2 aliphatic rings. The van der Waals surface area contributed by atoms with Crippen LogP contribution in [0, 0.1) is 5.92 Å². The van der Waals surface area contributed by atoms with Gasteiger partial charge >= 0.3 is 5.97 Å². The van der Waals surface area contributed by atoms with Crippen molar-refractivity contribution in [3.63, 3.8) is 0 Å². The molecule has 0 saturated heterocycles. The first kappa shape index (κ1) is 16.8. The van der Waals surface area contributed by atoms with Crippen LogP contribution in [0.4, 0.5) is 0 Å². The van der Waals surface area contributed by atoms with Crippen LogP contribution in [-0.2, 0) is 9.59 Å². The summed E-state index contributed by atoms with van der Waals surface area (Å²) in [5.41, 5.74) is 4.08. The van der Waals surface area contributed by atoms with Gasteiger partial charge in [-0.3, -0.25) is 4.79 Å². The predicted molar refractivity (Wildman–Crippen MR) is 99.9 cm³/mol. The van der Waals surface area contributed by atoms with E-state index in [0.29, 0.717) is 0 Å².